The second kappa shape index (κ2) is 10.4. The molecule has 1 saturated carbocycles. The molecule has 0 bridgehead atoms. The van der Waals surface area contributed by atoms with Crippen molar-refractivity contribution in [2.24, 2.45) is 0 Å². The molecule has 2 aliphatic rings. The number of carbonyl (C=O) groups excluding carboxylic acids is 2. The van der Waals surface area contributed by atoms with Gasteiger partial charge in [0.25, 0.3) is 5.91 Å². The molecule has 1 aromatic heterocycles. The topological polar surface area (TPSA) is 81.0 Å². The maximum atomic E-state index is 13.8. The summed E-state index contributed by atoms with van der Waals surface area (Å²) < 4.78 is 17.6. The number of halogens is 1. The van der Waals surface area contributed by atoms with Gasteiger partial charge in [0.2, 0.25) is 5.91 Å². The summed E-state index contributed by atoms with van der Waals surface area (Å²) in [5, 5.41) is 3.65. The van der Waals surface area contributed by atoms with Crippen LogP contribution in [0.25, 0.3) is 0 Å². The summed E-state index contributed by atoms with van der Waals surface area (Å²) in [6, 6.07) is 7.85. The number of ether oxygens (including phenoxy) is 2. The van der Waals surface area contributed by atoms with E-state index in [2.05, 4.69) is 5.32 Å². The summed E-state index contributed by atoms with van der Waals surface area (Å²) >= 11 is 6.34. The number of benzene rings is 1. The number of fused-ring (bicyclic) bond motifs is 1. The van der Waals surface area contributed by atoms with Gasteiger partial charge in [0.05, 0.1) is 25.0 Å². The Balaban J connectivity index is 1.72. The summed E-state index contributed by atoms with van der Waals surface area (Å²) in [7, 11) is 0. The van der Waals surface area contributed by atoms with Gasteiger partial charge in [-0.3, -0.25) is 9.59 Å². The van der Waals surface area contributed by atoms with Crippen molar-refractivity contribution in [3.63, 3.8) is 0 Å². The SMILES string of the molecule is CC(C)(C)OCC1Oc2ccc(Cl)cc2C(C(=O)NC2CCCCC2)N(Cc2ccco2)C1=O. The maximum absolute atomic E-state index is 13.8. The van der Waals surface area contributed by atoms with Crippen LogP contribution in [0.15, 0.2) is 41.0 Å². The number of nitrogens with one attached hydrogen (secondary N) is 1. The molecule has 34 heavy (non-hydrogen) atoms. The molecule has 0 saturated heterocycles. The summed E-state index contributed by atoms with van der Waals surface area (Å²) in [6.07, 6.45) is 5.86. The Morgan fingerprint density at radius 3 is 2.65 bits per heavy atom. The van der Waals surface area contributed by atoms with Crippen molar-refractivity contribution < 1.29 is 23.5 Å². The summed E-state index contributed by atoms with van der Waals surface area (Å²) in [5.41, 5.74) is 0.0986. The first-order valence-corrected chi connectivity index (χ1v) is 12.3. The van der Waals surface area contributed by atoms with Crippen molar-refractivity contribution in [1.29, 1.82) is 0 Å². The second-order valence-corrected chi connectivity index (χ2v) is 10.4. The summed E-state index contributed by atoms with van der Waals surface area (Å²) in [5.74, 6) is 0.448. The van der Waals surface area contributed by atoms with Crippen LogP contribution in [0.2, 0.25) is 5.02 Å². The van der Waals surface area contributed by atoms with Crippen LogP contribution in [0.3, 0.4) is 0 Å². The highest BCUT2D eigenvalue weighted by Crippen LogP contribution is 2.38. The van der Waals surface area contributed by atoms with Gasteiger partial charge in [0.1, 0.15) is 17.6 Å². The van der Waals surface area contributed by atoms with Crippen molar-refractivity contribution in [1.82, 2.24) is 10.2 Å². The van der Waals surface area contributed by atoms with Gasteiger partial charge in [-0.05, 0) is 63.9 Å². The quantitative estimate of drug-likeness (QED) is 0.617. The smallest absolute Gasteiger partial charge is 0.267 e. The highest BCUT2D eigenvalue weighted by molar-refractivity contribution is 6.30. The number of carbonyl (C=O) groups is 2. The normalized spacial score (nSPS) is 21.5. The van der Waals surface area contributed by atoms with Crippen LogP contribution in [0.1, 0.15) is 70.2 Å². The van der Waals surface area contributed by atoms with Crippen LogP contribution in [0, 0.1) is 0 Å². The zero-order chi connectivity index (χ0) is 24.3. The number of rotatable bonds is 6. The van der Waals surface area contributed by atoms with Gasteiger partial charge in [0, 0.05) is 16.6 Å². The predicted molar refractivity (Wildman–Crippen MR) is 129 cm³/mol. The molecular formula is C26H33ClN2O5. The zero-order valence-electron chi connectivity index (χ0n) is 20.0. The fraction of sp³-hybridized carbons (Fsp3) is 0.538. The maximum Gasteiger partial charge on any atom is 0.267 e. The van der Waals surface area contributed by atoms with E-state index in [1.807, 2.05) is 20.8 Å². The Kier molecular flexibility index (Phi) is 7.53. The standard InChI is InChI=1S/C26H33ClN2O5/c1-26(2,3)33-16-22-25(31)29(15-19-10-7-13-32-19)23(20-14-17(27)11-12-21(20)34-22)24(30)28-18-8-5-4-6-9-18/h7,10-14,18,22-23H,4-6,8-9,15-16H2,1-3H3,(H,28,30). The molecule has 1 aliphatic heterocycles. The average Bonchev–Trinajstić information content (AvgIpc) is 3.26. The number of amides is 2. The first-order valence-electron chi connectivity index (χ1n) is 11.9. The number of nitrogens with zero attached hydrogens (tertiary/aromatic N) is 1. The predicted octanol–water partition coefficient (Wildman–Crippen LogP) is 5.03. The molecule has 2 heterocycles. The Hall–Kier alpha value is -2.51. The van der Waals surface area contributed by atoms with Gasteiger partial charge in [0.15, 0.2) is 6.10 Å². The number of hydrogen-bond acceptors (Lipinski definition) is 5. The molecule has 1 aliphatic carbocycles. The lowest BCUT2D eigenvalue weighted by molar-refractivity contribution is -0.150. The van der Waals surface area contributed by atoms with Gasteiger partial charge < -0.3 is 24.1 Å². The fourth-order valence-electron chi connectivity index (χ4n) is 4.50. The van der Waals surface area contributed by atoms with Crippen LogP contribution in [0.4, 0.5) is 0 Å². The summed E-state index contributed by atoms with van der Waals surface area (Å²) in [4.78, 5) is 29.1. The van der Waals surface area contributed by atoms with E-state index in [9.17, 15) is 9.59 Å². The minimum Gasteiger partial charge on any atom is -0.478 e. The third-order valence-electron chi connectivity index (χ3n) is 6.18. The molecular weight excluding hydrogens is 456 g/mol. The molecule has 2 aromatic rings. The van der Waals surface area contributed by atoms with E-state index in [0.717, 1.165) is 25.7 Å². The lowest BCUT2D eigenvalue weighted by atomic mass is 9.94. The van der Waals surface area contributed by atoms with Crippen molar-refractivity contribution >= 4 is 23.4 Å². The molecule has 1 fully saturated rings. The molecule has 8 heteroatoms. The van der Waals surface area contributed by atoms with Crippen LogP contribution < -0.4 is 10.1 Å². The second-order valence-electron chi connectivity index (χ2n) is 10.0. The van der Waals surface area contributed by atoms with E-state index in [4.69, 9.17) is 25.5 Å². The Bertz CT molecular complexity index is 995. The minimum absolute atomic E-state index is 0.0516. The van der Waals surface area contributed by atoms with Crippen LogP contribution in [-0.4, -0.2) is 41.1 Å². The van der Waals surface area contributed by atoms with Crippen molar-refractivity contribution in [3.8, 4) is 5.75 Å². The third kappa shape index (κ3) is 5.94. The van der Waals surface area contributed by atoms with Crippen molar-refractivity contribution in [3.05, 3.63) is 52.9 Å². The van der Waals surface area contributed by atoms with Gasteiger partial charge in [-0.1, -0.05) is 30.9 Å². The first kappa shape index (κ1) is 24.6. The molecule has 0 radical (unpaired) electrons. The zero-order valence-corrected chi connectivity index (χ0v) is 20.8. The van der Waals surface area contributed by atoms with E-state index >= 15 is 0 Å². The first-order chi connectivity index (χ1) is 16.2. The monoisotopic (exact) mass is 488 g/mol. The molecule has 0 spiro atoms. The van der Waals surface area contributed by atoms with Gasteiger partial charge >= 0.3 is 0 Å². The highest BCUT2D eigenvalue weighted by Gasteiger charge is 2.42. The lowest BCUT2D eigenvalue weighted by Crippen LogP contribution is -2.49. The summed E-state index contributed by atoms with van der Waals surface area (Å²) in [6.45, 7) is 5.93. The molecule has 4 rings (SSSR count). The van der Waals surface area contributed by atoms with Gasteiger partial charge in [-0.25, -0.2) is 0 Å². The van der Waals surface area contributed by atoms with Crippen molar-refractivity contribution in [2.45, 2.75) is 83.2 Å². The average molecular weight is 489 g/mol. The largest absolute Gasteiger partial charge is 0.478 e. The van der Waals surface area contributed by atoms with Gasteiger partial charge in [-0.2, -0.15) is 0 Å². The molecule has 2 amide bonds. The van der Waals surface area contributed by atoms with Gasteiger partial charge in [-0.15, -0.1) is 0 Å². The lowest BCUT2D eigenvalue weighted by Gasteiger charge is -2.32. The third-order valence-corrected chi connectivity index (χ3v) is 6.41. The number of furan rings is 1. The van der Waals surface area contributed by atoms with E-state index in [1.54, 1.807) is 36.6 Å². The molecule has 1 N–H and O–H groups in total. The minimum atomic E-state index is -0.915. The molecule has 2 unspecified atom stereocenters. The molecule has 1 aromatic carbocycles. The van der Waals surface area contributed by atoms with E-state index < -0.39 is 17.7 Å². The van der Waals surface area contributed by atoms with Crippen LogP contribution >= 0.6 is 11.6 Å². The number of hydrogen-bond donors (Lipinski definition) is 1. The van der Waals surface area contributed by atoms with E-state index in [1.165, 1.54) is 11.3 Å². The Morgan fingerprint density at radius 1 is 1.21 bits per heavy atom. The molecule has 2 atom stereocenters. The molecule has 184 valence electrons. The Morgan fingerprint density at radius 2 is 1.97 bits per heavy atom. The molecule has 7 nitrogen and oxygen atoms in total. The van der Waals surface area contributed by atoms with E-state index in [-0.39, 0.29) is 31.0 Å². The Labute approximate surface area is 205 Å². The highest BCUT2D eigenvalue weighted by atomic mass is 35.5. The van der Waals surface area contributed by atoms with Crippen LogP contribution in [-0.2, 0) is 20.9 Å². The van der Waals surface area contributed by atoms with E-state index in [0.29, 0.717) is 22.1 Å². The van der Waals surface area contributed by atoms with Crippen LogP contribution in [0.5, 0.6) is 5.75 Å². The van der Waals surface area contributed by atoms with Crippen molar-refractivity contribution in [2.75, 3.05) is 6.61 Å². The fourth-order valence-corrected chi connectivity index (χ4v) is 4.69.